The van der Waals surface area contributed by atoms with Gasteiger partial charge in [-0.05, 0) is 18.9 Å². The molecule has 82 valence electrons. The first kappa shape index (κ1) is 11.5. The highest BCUT2D eigenvalue weighted by atomic mass is 16.3. The van der Waals surface area contributed by atoms with E-state index in [0.29, 0.717) is 6.54 Å². The van der Waals surface area contributed by atoms with Gasteiger partial charge in [-0.2, -0.15) is 0 Å². The second-order valence-electron chi connectivity index (χ2n) is 4.25. The number of hydrogen-bond donors (Lipinski definition) is 3. The zero-order chi connectivity index (χ0) is 10.6. The van der Waals surface area contributed by atoms with Crippen molar-refractivity contribution in [2.45, 2.75) is 26.4 Å². The van der Waals surface area contributed by atoms with Crippen LogP contribution in [0.3, 0.4) is 0 Å². The number of nitrogens with one attached hydrogen (secondary N) is 2. The highest BCUT2D eigenvalue weighted by Crippen LogP contribution is 2.07. The lowest BCUT2D eigenvalue weighted by Gasteiger charge is -2.16. The van der Waals surface area contributed by atoms with Gasteiger partial charge in [0.2, 0.25) is 5.91 Å². The molecule has 0 radical (unpaired) electrons. The fourth-order valence-corrected chi connectivity index (χ4v) is 1.46. The van der Waals surface area contributed by atoms with Gasteiger partial charge in [0, 0.05) is 13.1 Å². The summed E-state index contributed by atoms with van der Waals surface area (Å²) in [6.07, 6.45) is 0.470. The van der Waals surface area contributed by atoms with E-state index in [1.807, 2.05) is 13.8 Å². The summed E-state index contributed by atoms with van der Waals surface area (Å²) >= 11 is 0. The molecule has 1 rings (SSSR count). The third-order valence-electron chi connectivity index (χ3n) is 2.69. The maximum absolute atomic E-state index is 11.5. The minimum Gasteiger partial charge on any atom is -0.391 e. The molecule has 4 nitrogen and oxygen atoms in total. The van der Waals surface area contributed by atoms with Crippen LogP contribution in [0.5, 0.6) is 0 Å². The number of aliphatic hydroxyl groups excluding tert-OH is 1. The molecule has 1 aliphatic rings. The van der Waals surface area contributed by atoms with E-state index in [9.17, 15) is 9.90 Å². The van der Waals surface area contributed by atoms with Gasteiger partial charge in [0.15, 0.2) is 0 Å². The van der Waals surface area contributed by atoms with Gasteiger partial charge in [0.1, 0.15) is 0 Å². The Hall–Kier alpha value is -0.610. The SMILES string of the molecule is CC(C)C(O)CNC(=O)C1CCNC1. The number of hydrogen-bond acceptors (Lipinski definition) is 3. The van der Waals surface area contributed by atoms with Gasteiger partial charge in [0.25, 0.3) is 0 Å². The zero-order valence-electron chi connectivity index (χ0n) is 8.92. The maximum atomic E-state index is 11.5. The van der Waals surface area contributed by atoms with E-state index < -0.39 is 6.10 Å². The Bertz CT molecular complexity index is 189. The fourth-order valence-electron chi connectivity index (χ4n) is 1.46. The molecule has 0 bridgehead atoms. The van der Waals surface area contributed by atoms with Crippen LogP contribution in [-0.2, 0) is 4.79 Å². The summed E-state index contributed by atoms with van der Waals surface area (Å²) in [5.74, 6) is 0.348. The molecule has 2 unspecified atom stereocenters. The Morgan fingerprint density at radius 3 is 2.86 bits per heavy atom. The largest absolute Gasteiger partial charge is 0.391 e. The average Bonchev–Trinajstić information content (AvgIpc) is 2.66. The van der Waals surface area contributed by atoms with Crippen molar-refractivity contribution in [3.8, 4) is 0 Å². The summed E-state index contributed by atoms with van der Waals surface area (Å²) in [6, 6.07) is 0. The second kappa shape index (κ2) is 5.32. The molecule has 1 heterocycles. The van der Waals surface area contributed by atoms with Gasteiger partial charge >= 0.3 is 0 Å². The number of amides is 1. The van der Waals surface area contributed by atoms with Crippen LogP contribution in [0.2, 0.25) is 0 Å². The lowest BCUT2D eigenvalue weighted by molar-refractivity contribution is -0.125. The Morgan fingerprint density at radius 2 is 2.36 bits per heavy atom. The van der Waals surface area contributed by atoms with E-state index in [1.54, 1.807) is 0 Å². The van der Waals surface area contributed by atoms with Crippen LogP contribution in [0.25, 0.3) is 0 Å². The lowest BCUT2D eigenvalue weighted by Crippen LogP contribution is -2.38. The number of carbonyl (C=O) groups excluding carboxylic acids is 1. The summed E-state index contributed by atoms with van der Waals surface area (Å²) in [6.45, 7) is 5.93. The van der Waals surface area contributed by atoms with E-state index in [0.717, 1.165) is 19.5 Å². The van der Waals surface area contributed by atoms with E-state index >= 15 is 0 Å². The summed E-state index contributed by atoms with van der Waals surface area (Å²) in [5.41, 5.74) is 0. The van der Waals surface area contributed by atoms with Gasteiger partial charge in [-0.15, -0.1) is 0 Å². The van der Waals surface area contributed by atoms with Crippen molar-refractivity contribution in [1.29, 1.82) is 0 Å². The molecule has 1 aliphatic heterocycles. The quantitative estimate of drug-likeness (QED) is 0.585. The standard InChI is InChI=1S/C10H20N2O2/c1-7(2)9(13)6-12-10(14)8-3-4-11-5-8/h7-9,11,13H,3-6H2,1-2H3,(H,12,14). The summed E-state index contributed by atoms with van der Waals surface area (Å²) < 4.78 is 0. The molecule has 1 saturated heterocycles. The molecule has 0 spiro atoms. The zero-order valence-corrected chi connectivity index (χ0v) is 8.92. The van der Waals surface area contributed by atoms with Gasteiger partial charge in [0.05, 0.1) is 12.0 Å². The minimum atomic E-state index is -0.437. The third-order valence-corrected chi connectivity index (χ3v) is 2.69. The summed E-state index contributed by atoms with van der Waals surface area (Å²) in [4.78, 5) is 11.5. The molecular formula is C10H20N2O2. The number of aliphatic hydroxyl groups is 1. The van der Waals surface area contributed by atoms with Crippen molar-refractivity contribution in [3.05, 3.63) is 0 Å². The van der Waals surface area contributed by atoms with Gasteiger partial charge in [-0.3, -0.25) is 4.79 Å². The Morgan fingerprint density at radius 1 is 1.64 bits per heavy atom. The van der Waals surface area contributed by atoms with Crippen LogP contribution in [0.15, 0.2) is 0 Å². The van der Waals surface area contributed by atoms with Gasteiger partial charge < -0.3 is 15.7 Å². The topological polar surface area (TPSA) is 61.4 Å². The molecule has 0 aromatic rings. The van der Waals surface area contributed by atoms with Crippen molar-refractivity contribution in [1.82, 2.24) is 10.6 Å². The smallest absolute Gasteiger partial charge is 0.224 e. The first-order chi connectivity index (χ1) is 6.61. The molecule has 0 aliphatic carbocycles. The number of carbonyl (C=O) groups is 1. The van der Waals surface area contributed by atoms with Crippen molar-refractivity contribution < 1.29 is 9.90 Å². The normalized spacial score (nSPS) is 23.9. The maximum Gasteiger partial charge on any atom is 0.224 e. The van der Waals surface area contributed by atoms with Crippen molar-refractivity contribution in [3.63, 3.8) is 0 Å². The van der Waals surface area contributed by atoms with Crippen molar-refractivity contribution in [2.75, 3.05) is 19.6 Å². The molecule has 2 atom stereocenters. The predicted octanol–water partition coefficient (Wildman–Crippen LogP) is -0.271. The van der Waals surface area contributed by atoms with Crippen LogP contribution in [0.1, 0.15) is 20.3 Å². The predicted molar refractivity (Wildman–Crippen MR) is 54.8 cm³/mol. The van der Waals surface area contributed by atoms with Crippen LogP contribution in [0, 0.1) is 11.8 Å². The molecule has 1 amide bonds. The first-order valence-electron chi connectivity index (χ1n) is 5.27. The van der Waals surface area contributed by atoms with Crippen molar-refractivity contribution in [2.24, 2.45) is 11.8 Å². The summed E-state index contributed by atoms with van der Waals surface area (Å²) in [7, 11) is 0. The van der Waals surface area contributed by atoms with E-state index in [4.69, 9.17) is 0 Å². The molecule has 0 aromatic heterocycles. The Kier molecular flexibility index (Phi) is 4.35. The van der Waals surface area contributed by atoms with Gasteiger partial charge in [-0.25, -0.2) is 0 Å². The second-order valence-corrected chi connectivity index (χ2v) is 4.25. The van der Waals surface area contributed by atoms with E-state index in [2.05, 4.69) is 10.6 Å². The molecule has 1 fully saturated rings. The van der Waals surface area contributed by atoms with Crippen LogP contribution >= 0.6 is 0 Å². The first-order valence-corrected chi connectivity index (χ1v) is 5.27. The highest BCUT2D eigenvalue weighted by Gasteiger charge is 2.22. The molecule has 4 heteroatoms. The average molecular weight is 200 g/mol. The lowest BCUT2D eigenvalue weighted by atomic mass is 10.1. The molecule has 14 heavy (non-hydrogen) atoms. The fraction of sp³-hybridized carbons (Fsp3) is 0.900. The number of rotatable bonds is 4. The third kappa shape index (κ3) is 3.27. The molecule has 0 saturated carbocycles. The van der Waals surface area contributed by atoms with Crippen LogP contribution < -0.4 is 10.6 Å². The Labute approximate surface area is 85.1 Å². The Balaban J connectivity index is 2.20. The molecular weight excluding hydrogens is 180 g/mol. The van der Waals surface area contributed by atoms with E-state index in [-0.39, 0.29) is 17.7 Å². The summed E-state index contributed by atoms with van der Waals surface area (Å²) in [5, 5.41) is 15.4. The minimum absolute atomic E-state index is 0.0645. The molecule has 3 N–H and O–H groups in total. The highest BCUT2D eigenvalue weighted by molar-refractivity contribution is 5.79. The van der Waals surface area contributed by atoms with Crippen molar-refractivity contribution >= 4 is 5.91 Å². The van der Waals surface area contributed by atoms with Crippen LogP contribution in [-0.4, -0.2) is 36.8 Å². The van der Waals surface area contributed by atoms with Crippen LogP contribution in [0.4, 0.5) is 0 Å². The van der Waals surface area contributed by atoms with Gasteiger partial charge in [-0.1, -0.05) is 13.8 Å². The molecule has 0 aromatic carbocycles. The monoisotopic (exact) mass is 200 g/mol. The van der Waals surface area contributed by atoms with E-state index in [1.165, 1.54) is 0 Å².